The van der Waals surface area contributed by atoms with Crippen LogP contribution in [-0.2, 0) is 21.0 Å². The molecule has 0 spiro atoms. The van der Waals surface area contributed by atoms with E-state index in [9.17, 15) is 8.42 Å². The summed E-state index contributed by atoms with van der Waals surface area (Å²) < 4.78 is 33.6. The number of guanidine groups is 1. The summed E-state index contributed by atoms with van der Waals surface area (Å²) in [5.74, 6) is 1.76. The van der Waals surface area contributed by atoms with E-state index in [2.05, 4.69) is 15.6 Å². The van der Waals surface area contributed by atoms with Gasteiger partial charge in [0.15, 0.2) is 5.96 Å². The predicted molar refractivity (Wildman–Crippen MR) is 114 cm³/mol. The second-order valence-electron chi connectivity index (χ2n) is 6.54. The molecule has 0 radical (unpaired) electrons. The number of nitrogens with one attached hydrogen (secondary N) is 2. The predicted octanol–water partition coefficient (Wildman–Crippen LogP) is 1.98. The van der Waals surface area contributed by atoms with Gasteiger partial charge in [0, 0.05) is 31.9 Å². The Bertz CT molecular complexity index is 628. The Balaban J connectivity index is 0.00000338. The fraction of sp³-hybridized carbons (Fsp3) is 0.706. The number of nitrogens with zero attached hydrogens (tertiary/aromatic N) is 1. The van der Waals surface area contributed by atoms with Gasteiger partial charge in [-0.1, -0.05) is 0 Å². The maximum atomic E-state index is 11.3. The van der Waals surface area contributed by atoms with E-state index < -0.39 is 9.84 Å². The molecule has 2 atom stereocenters. The Labute approximate surface area is 173 Å². The summed E-state index contributed by atoms with van der Waals surface area (Å²) in [6, 6.07) is 3.81. The van der Waals surface area contributed by atoms with Gasteiger partial charge in [0.25, 0.3) is 0 Å². The second kappa shape index (κ2) is 11.8. The van der Waals surface area contributed by atoms with Gasteiger partial charge >= 0.3 is 0 Å². The Morgan fingerprint density at radius 1 is 1.46 bits per heavy atom. The molecule has 1 saturated heterocycles. The van der Waals surface area contributed by atoms with Crippen LogP contribution in [0.2, 0.25) is 0 Å². The molecule has 0 saturated carbocycles. The summed E-state index contributed by atoms with van der Waals surface area (Å²) >= 11 is 0. The van der Waals surface area contributed by atoms with Crippen LogP contribution in [0.5, 0.6) is 0 Å². The van der Waals surface area contributed by atoms with Gasteiger partial charge in [0.1, 0.15) is 15.6 Å². The summed E-state index contributed by atoms with van der Waals surface area (Å²) in [5.41, 5.74) is 0. The van der Waals surface area contributed by atoms with Crippen molar-refractivity contribution in [2.75, 3.05) is 31.7 Å². The third kappa shape index (κ3) is 9.77. The Morgan fingerprint density at radius 2 is 2.27 bits per heavy atom. The third-order valence-electron chi connectivity index (χ3n) is 4.03. The van der Waals surface area contributed by atoms with Crippen LogP contribution in [0.3, 0.4) is 0 Å². The highest BCUT2D eigenvalue weighted by atomic mass is 127. The minimum atomic E-state index is -2.96. The van der Waals surface area contributed by atoms with E-state index in [0.717, 1.165) is 31.6 Å². The Kier molecular flexibility index (Phi) is 10.6. The van der Waals surface area contributed by atoms with Gasteiger partial charge in [-0.3, -0.25) is 4.99 Å². The largest absolute Gasteiger partial charge is 0.469 e. The number of sulfone groups is 1. The lowest BCUT2D eigenvalue weighted by Crippen LogP contribution is -2.44. The lowest BCUT2D eigenvalue weighted by Gasteiger charge is -2.18. The smallest absolute Gasteiger partial charge is 0.191 e. The first kappa shape index (κ1) is 23.2. The van der Waals surface area contributed by atoms with Crippen molar-refractivity contribution in [3.05, 3.63) is 24.2 Å². The van der Waals surface area contributed by atoms with Crippen LogP contribution in [0.25, 0.3) is 0 Å². The summed E-state index contributed by atoms with van der Waals surface area (Å²) in [5, 5.41) is 6.57. The zero-order valence-corrected chi connectivity index (χ0v) is 18.6. The van der Waals surface area contributed by atoms with E-state index in [1.807, 2.05) is 19.1 Å². The van der Waals surface area contributed by atoms with Crippen molar-refractivity contribution in [3.63, 3.8) is 0 Å². The maximum Gasteiger partial charge on any atom is 0.191 e. The Hall–Kier alpha value is -0.810. The van der Waals surface area contributed by atoms with E-state index in [1.165, 1.54) is 6.26 Å². The standard InChI is InChI=1S/C17H29N3O4S.HI/c1-14(8-12-25(2,21)22)20-17(19-13-16-6-4-11-24-16)18-9-7-15-5-3-10-23-15;/h3,5,10,14,16H,4,6-9,11-13H2,1-2H3,(H2,18,19,20);1H. The molecular weight excluding hydrogens is 469 g/mol. The molecule has 150 valence electrons. The van der Waals surface area contributed by atoms with Crippen molar-refractivity contribution in [1.82, 2.24) is 10.6 Å². The summed E-state index contributed by atoms with van der Waals surface area (Å²) in [6.45, 7) is 4.05. The first-order valence-electron chi connectivity index (χ1n) is 8.79. The lowest BCUT2D eigenvalue weighted by atomic mass is 10.2. The second-order valence-corrected chi connectivity index (χ2v) is 8.80. The van der Waals surface area contributed by atoms with Gasteiger partial charge in [-0.2, -0.15) is 0 Å². The molecule has 0 aliphatic carbocycles. The third-order valence-corrected chi connectivity index (χ3v) is 5.00. The van der Waals surface area contributed by atoms with E-state index in [4.69, 9.17) is 9.15 Å². The average Bonchev–Trinajstić information content (AvgIpc) is 3.23. The molecular formula is C17H30IN3O4S. The van der Waals surface area contributed by atoms with Crippen molar-refractivity contribution < 1.29 is 17.6 Å². The highest BCUT2D eigenvalue weighted by Gasteiger charge is 2.16. The molecule has 7 nitrogen and oxygen atoms in total. The minimum Gasteiger partial charge on any atom is -0.469 e. The molecule has 0 bridgehead atoms. The minimum absolute atomic E-state index is 0. The van der Waals surface area contributed by atoms with Crippen LogP contribution >= 0.6 is 24.0 Å². The fourth-order valence-corrected chi connectivity index (χ4v) is 3.37. The molecule has 2 heterocycles. The molecule has 1 aromatic rings. The quantitative estimate of drug-likeness (QED) is 0.307. The van der Waals surface area contributed by atoms with Gasteiger partial charge in [0.05, 0.1) is 24.7 Å². The highest BCUT2D eigenvalue weighted by Crippen LogP contribution is 2.11. The van der Waals surface area contributed by atoms with Crippen LogP contribution in [0, 0.1) is 0 Å². The topological polar surface area (TPSA) is 92.9 Å². The monoisotopic (exact) mass is 499 g/mol. The lowest BCUT2D eigenvalue weighted by molar-refractivity contribution is 0.117. The van der Waals surface area contributed by atoms with Crippen molar-refractivity contribution in [2.24, 2.45) is 4.99 Å². The van der Waals surface area contributed by atoms with Crippen LogP contribution in [-0.4, -0.2) is 58.2 Å². The molecule has 1 fully saturated rings. The van der Waals surface area contributed by atoms with Crippen molar-refractivity contribution >= 4 is 39.8 Å². The summed E-state index contributed by atoms with van der Waals surface area (Å²) in [4.78, 5) is 4.60. The molecule has 2 rings (SSSR count). The molecule has 0 amide bonds. The fourth-order valence-electron chi connectivity index (χ4n) is 2.59. The molecule has 2 unspecified atom stereocenters. The SMILES string of the molecule is CC(CCS(C)(=O)=O)NC(=NCC1CCCO1)NCCc1ccco1.I. The van der Waals surface area contributed by atoms with Gasteiger partial charge in [0.2, 0.25) is 0 Å². The van der Waals surface area contributed by atoms with Crippen molar-refractivity contribution in [3.8, 4) is 0 Å². The molecule has 1 aliphatic heterocycles. The highest BCUT2D eigenvalue weighted by molar-refractivity contribution is 14.0. The molecule has 26 heavy (non-hydrogen) atoms. The van der Waals surface area contributed by atoms with Crippen molar-refractivity contribution in [2.45, 2.75) is 44.8 Å². The molecule has 1 aliphatic rings. The number of halogens is 1. The van der Waals surface area contributed by atoms with E-state index in [0.29, 0.717) is 25.5 Å². The number of hydrogen-bond acceptors (Lipinski definition) is 5. The Morgan fingerprint density at radius 3 is 2.88 bits per heavy atom. The van der Waals surface area contributed by atoms with Gasteiger partial charge in [-0.15, -0.1) is 24.0 Å². The van der Waals surface area contributed by atoms with E-state index >= 15 is 0 Å². The zero-order chi connectivity index (χ0) is 18.1. The van der Waals surface area contributed by atoms with Crippen molar-refractivity contribution in [1.29, 1.82) is 0 Å². The zero-order valence-electron chi connectivity index (χ0n) is 15.4. The van der Waals surface area contributed by atoms with Crippen LogP contribution in [0.4, 0.5) is 0 Å². The summed E-state index contributed by atoms with van der Waals surface area (Å²) in [7, 11) is -2.96. The van der Waals surface area contributed by atoms with Gasteiger partial charge in [-0.05, 0) is 38.3 Å². The number of hydrogen-bond donors (Lipinski definition) is 2. The number of rotatable bonds is 9. The normalized spacial score (nSPS) is 19.0. The van der Waals surface area contributed by atoms with E-state index in [-0.39, 0.29) is 41.9 Å². The molecule has 2 N–H and O–H groups in total. The molecule has 0 aromatic carbocycles. The number of furan rings is 1. The number of aliphatic imine (C=N–C) groups is 1. The first-order chi connectivity index (χ1) is 11.9. The summed E-state index contributed by atoms with van der Waals surface area (Å²) in [6.07, 6.45) is 6.51. The van der Waals surface area contributed by atoms with Crippen LogP contribution in [0.1, 0.15) is 31.9 Å². The number of ether oxygens (including phenoxy) is 1. The molecule has 1 aromatic heterocycles. The molecule has 9 heteroatoms. The average molecular weight is 499 g/mol. The first-order valence-corrected chi connectivity index (χ1v) is 10.8. The van der Waals surface area contributed by atoms with E-state index in [1.54, 1.807) is 6.26 Å². The van der Waals surface area contributed by atoms with Gasteiger partial charge in [-0.25, -0.2) is 8.42 Å². The van der Waals surface area contributed by atoms with Gasteiger partial charge < -0.3 is 19.8 Å². The van der Waals surface area contributed by atoms with Crippen LogP contribution in [0.15, 0.2) is 27.8 Å². The van der Waals surface area contributed by atoms with Crippen LogP contribution < -0.4 is 10.6 Å². The maximum absolute atomic E-state index is 11.3.